The summed E-state index contributed by atoms with van der Waals surface area (Å²) in [6.45, 7) is 2.41. The van der Waals surface area contributed by atoms with Gasteiger partial charge in [-0.25, -0.2) is 4.98 Å². The number of halogens is 1. The molecule has 0 unspecified atom stereocenters. The number of amides is 1. The highest BCUT2D eigenvalue weighted by molar-refractivity contribution is 9.10. The maximum absolute atomic E-state index is 12.3. The van der Waals surface area contributed by atoms with Gasteiger partial charge in [0, 0.05) is 23.4 Å². The molecular weight excluding hydrogens is 354 g/mol. The van der Waals surface area contributed by atoms with Crippen LogP contribution in [-0.2, 0) is 6.54 Å². The number of imidazole rings is 1. The third-order valence-electron chi connectivity index (χ3n) is 3.63. The molecule has 0 saturated carbocycles. The Morgan fingerprint density at radius 2 is 1.91 bits per heavy atom. The van der Waals surface area contributed by atoms with Crippen molar-refractivity contribution < 1.29 is 4.79 Å². The van der Waals surface area contributed by atoms with Gasteiger partial charge in [0.25, 0.3) is 5.91 Å². The predicted molar refractivity (Wildman–Crippen MR) is 93.6 cm³/mol. The zero-order chi connectivity index (χ0) is 16.2. The molecule has 0 spiro atoms. The lowest BCUT2D eigenvalue weighted by atomic mass is 10.1. The van der Waals surface area contributed by atoms with E-state index in [0.717, 1.165) is 21.5 Å². The number of para-hydroxylation sites is 1. The molecule has 1 aromatic heterocycles. The number of hydrogen-bond donors (Lipinski definition) is 1. The largest absolute Gasteiger partial charge is 0.348 e. The van der Waals surface area contributed by atoms with Crippen molar-refractivity contribution in [3.8, 4) is 5.69 Å². The second-order valence-corrected chi connectivity index (χ2v) is 5.99. The molecule has 2 aromatic carbocycles. The normalized spacial score (nSPS) is 10.5. The maximum Gasteiger partial charge on any atom is 0.252 e. The Morgan fingerprint density at radius 3 is 2.65 bits per heavy atom. The molecule has 5 heteroatoms. The van der Waals surface area contributed by atoms with Crippen LogP contribution in [0.4, 0.5) is 0 Å². The average Bonchev–Trinajstić information content (AvgIpc) is 2.99. The molecule has 23 heavy (non-hydrogen) atoms. The summed E-state index contributed by atoms with van der Waals surface area (Å²) in [6.07, 6.45) is 3.69. The first-order valence-corrected chi connectivity index (χ1v) is 8.07. The van der Waals surface area contributed by atoms with E-state index in [4.69, 9.17) is 0 Å². The molecule has 1 heterocycles. The van der Waals surface area contributed by atoms with Gasteiger partial charge in [-0.2, -0.15) is 0 Å². The van der Waals surface area contributed by atoms with Crippen molar-refractivity contribution in [2.24, 2.45) is 0 Å². The van der Waals surface area contributed by atoms with E-state index in [0.29, 0.717) is 12.1 Å². The van der Waals surface area contributed by atoms with E-state index in [1.165, 1.54) is 0 Å². The molecule has 0 aliphatic carbocycles. The van der Waals surface area contributed by atoms with Crippen molar-refractivity contribution in [2.75, 3.05) is 0 Å². The smallest absolute Gasteiger partial charge is 0.252 e. The van der Waals surface area contributed by atoms with E-state index >= 15 is 0 Å². The summed E-state index contributed by atoms with van der Waals surface area (Å²) >= 11 is 3.41. The molecule has 4 nitrogen and oxygen atoms in total. The maximum atomic E-state index is 12.3. The number of carbonyl (C=O) groups excluding carboxylic acids is 1. The molecule has 0 atom stereocenters. The highest BCUT2D eigenvalue weighted by Crippen LogP contribution is 2.18. The fraction of sp³-hybridized carbons (Fsp3) is 0.111. The van der Waals surface area contributed by atoms with E-state index in [1.807, 2.05) is 60.2 Å². The van der Waals surface area contributed by atoms with Gasteiger partial charge in [0.2, 0.25) is 0 Å². The minimum absolute atomic E-state index is 0.102. The second kappa shape index (κ2) is 6.79. The van der Waals surface area contributed by atoms with Gasteiger partial charge in [-0.1, -0.05) is 30.3 Å². The van der Waals surface area contributed by atoms with Crippen LogP contribution in [0.25, 0.3) is 5.69 Å². The van der Waals surface area contributed by atoms with Crippen molar-refractivity contribution in [1.82, 2.24) is 14.9 Å². The SMILES string of the molecule is Cc1nccn1-c1ccccc1CNC(=O)c1ccccc1Br. The van der Waals surface area contributed by atoms with Crippen LogP contribution in [-0.4, -0.2) is 15.5 Å². The standard InChI is InChI=1S/C18H16BrN3O/c1-13-20-10-11-22(13)17-9-5-2-6-14(17)12-21-18(23)15-7-3-4-8-16(15)19/h2-11H,12H2,1H3,(H,21,23). The molecule has 3 aromatic rings. The van der Waals surface area contributed by atoms with E-state index < -0.39 is 0 Å². The first kappa shape index (κ1) is 15.5. The fourth-order valence-corrected chi connectivity index (χ4v) is 2.91. The summed E-state index contributed by atoms with van der Waals surface area (Å²) in [6, 6.07) is 15.4. The summed E-state index contributed by atoms with van der Waals surface area (Å²) in [7, 11) is 0. The highest BCUT2D eigenvalue weighted by Gasteiger charge is 2.11. The Kier molecular flexibility index (Phi) is 4.57. The lowest BCUT2D eigenvalue weighted by Gasteiger charge is -2.13. The van der Waals surface area contributed by atoms with Crippen molar-refractivity contribution in [3.63, 3.8) is 0 Å². The summed E-state index contributed by atoms with van der Waals surface area (Å²) in [4.78, 5) is 16.6. The number of hydrogen-bond acceptors (Lipinski definition) is 2. The molecule has 3 rings (SSSR count). The molecule has 0 aliphatic heterocycles. The van der Waals surface area contributed by atoms with Gasteiger partial charge < -0.3 is 9.88 Å². The molecule has 0 bridgehead atoms. The van der Waals surface area contributed by atoms with Crippen LogP contribution in [0.1, 0.15) is 21.7 Å². The van der Waals surface area contributed by atoms with Gasteiger partial charge in [-0.3, -0.25) is 4.79 Å². The monoisotopic (exact) mass is 369 g/mol. The van der Waals surface area contributed by atoms with Crippen LogP contribution in [0.5, 0.6) is 0 Å². The van der Waals surface area contributed by atoms with Crippen molar-refractivity contribution in [1.29, 1.82) is 0 Å². The lowest BCUT2D eigenvalue weighted by molar-refractivity contribution is 0.0950. The van der Waals surface area contributed by atoms with Crippen molar-refractivity contribution in [3.05, 3.63) is 82.3 Å². The van der Waals surface area contributed by atoms with Crippen LogP contribution >= 0.6 is 15.9 Å². The molecule has 1 amide bonds. The average molecular weight is 370 g/mol. The predicted octanol–water partition coefficient (Wildman–Crippen LogP) is 3.87. The molecule has 0 radical (unpaired) electrons. The second-order valence-electron chi connectivity index (χ2n) is 5.14. The molecule has 116 valence electrons. The molecular formula is C18H16BrN3O. The summed E-state index contributed by atoms with van der Waals surface area (Å²) in [5.74, 6) is 0.809. The van der Waals surface area contributed by atoms with Gasteiger partial charge in [0.05, 0.1) is 11.3 Å². The van der Waals surface area contributed by atoms with E-state index in [9.17, 15) is 4.79 Å². The molecule has 0 fully saturated rings. The first-order valence-electron chi connectivity index (χ1n) is 7.28. The number of nitrogens with zero attached hydrogens (tertiary/aromatic N) is 2. The van der Waals surface area contributed by atoms with Crippen LogP contribution in [0.15, 0.2) is 65.4 Å². The lowest BCUT2D eigenvalue weighted by Crippen LogP contribution is -2.23. The third kappa shape index (κ3) is 3.35. The molecule has 0 saturated heterocycles. The Hall–Kier alpha value is -2.40. The summed E-state index contributed by atoms with van der Waals surface area (Å²) in [5.41, 5.74) is 2.69. The number of rotatable bonds is 4. The van der Waals surface area contributed by atoms with Gasteiger partial charge in [0.1, 0.15) is 5.82 Å². The Morgan fingerprint density at radius 1 is 1.17 bits per heavy atom. The number of benzene rings is 2. The van der Waals surface area contributed by atoms with Gasteiger partial charge in [-0.05, 0) is 46.6 Å². The van der Waals surface area contributed by atoms with Crippen molar-refractivity contribution in [2.45, 2.75) is 13.5 Å². The van der Waals surface area contributed by atoms with E-state index in [1.54, 1.807) is 12.3 Å². The third-order valence-corrected chi connectivity index (χ3v) is 4.33. The molecule has 1 N–H and O–H groups in total. The van der Waals surface area contributed by atoms with Gasteiger partial charge >= 0.3 is 0 Å². The van der Waals surface area contributed by atoms with Gasteiger partial charge in [0.15, 0.2) is 0 Å². The Balaban J connectivity index is 1.81. The number of carbonyl (C=O) groups is 1. The summed E-state index contributed by atoms with van der Waals surface area (Å²) < 4.78 is 2.80. The van der Waals surface area contributed by atoms with Crippen molar-refractivity contribution >= 4 is 21.8 Å². The van der Waals surface area contributed by atoms with Crippen LogP contribution in [0, 0.1) is 6.92 Å². The molecule has 0 aliphatic rings. The Bertz CT molecular complexity index is 842. The minimum atomic E-state index is -0.102. The Labute approximate surface area is 143 Å². The van der Waals surface area contributed by atoms with Gasteiger partial charge in [-0.15, -0.1) is 0 Å². The summed E-state index contributed by atoms with van der Waals surface area (Å²) in [5, 5.41) is 2.98. The quantitative estimate of drug-likeness (QED) is 0.758. The number of nitrogens with one attached hydrogen (secondary N) is 1. The number of aryl methyl sites for hydroxylation is 1. The minimum Gasteiger partial charge on any atom is -0.348 e. The van der Waals surface area contributed by atoms with Crippen LogP contribution in [0.2, 0.25) is 0 Å². The van der Waals surface area contributed by atoms with E-state index in [2.05, 4.69) is 26.2 Å². The number of aromatic nitrogens is 2. The van der Waals surface area contributed by atoms with Crippen LogP contribution in [0.3, 0.4) is 0 Å². The fourth-order valence-electron chi connectivity index (χ4n) is 2.44. The topological polar surface area (TPSA) is 46.9 Å². The highest BCUT2D eigenvalue weighted by atomic mass is 79.9. The zero-order valence-corrected chi connectivity index (χ0v) is 14.2. The zero-order valence-electron chi connectivity index (χ0n) is 12.7. The first-order chi connectivity index (χ1) is 11.2. The van der Waals surface area contributed by atoms with Crippen LogP contribution < -0.4 is 5.32 Å². The van der Waals surface area contributed by atoms with E-state index in [-0.39, 0.29) is 5.91 Å².